The fourth-order valence-corrected chi connectivity index (χ4v) is 5.34. The molecule has 200 valence electrons. The van der Waals surface area contributed by atoms with Crippen LogP contribution in [0.3, 0.4) is 0 Å². The van der Waals surface area contributed by atoms with Crippen molar-refractivity contribution in [1.82, 2.24) is 14.7 Å². The number of benzene rings is 2. The number of nitrogens with zero attached hydrogens (tertiary/aromatic N) is 3. The molecular formula is C29H33N3O6. The van der Waals surface area contributed by atoms with E-state index in [-0.39, 0.29) is 38.2 Å². The van der Waals surface area contributed by atoms with E-state index < -0.39 is 11.9 Å². The molecule has 0 N–H and O–H groups in total. The van der Waals surface area contributed by atoms with Crippen LogP contribution in [0.4, 0.5) is 0 Å². The van der Waals surface area contributed by atoms with Crippen molar-refractivity contribution in [1.29, 1.82) is 0 Å². The SMILES string of the molecule is CCOC(=O)C1=C(C)N(CC(=O)N2CCN(Cc3ccc4c(c3)OCO4)CC2)C(=O)CC1c1ccccc1. The van der Waals surface area contributed by atoms with Crippen LogP contribution in [0.25, 0.3) is 0 Å². The number of rotatable bonds is 7. The van der Waals surface area contributed by atoms with Crippen molar-refractivity contribution >= 4 is 17.8 Å². The Hall–Kier alpha value is -3.85. The number of fused-ring (bicyclic) bond motifs is 1. The van der Waals surface area contributed by atoms with Crippen LogP contribution in [0.15, 0.2) is 59.8 Å². The lowest BCUT2D eigenvalue weighted by Gasteiger charge is -2.38. The number of esters is 1. The Balaban J connectivity index is 1.24. The van der Waals surface area contributed by atoms with E-state index in [0.717, 1.165) is 42.3 Å². The number of allylic oxidation sites excluding steroid dienone is 1. The Kier molecular flexibility index (Phi) is 7.64. The van der Waals surface area contributed by atoms with Crippen molar-refractivity contribution < 1.29 is 28.6 Å². The number of carbonyl (C=O) groups is 3. The van der Waals surface area contributed by atoms with Crippen molar-refractivity contribution in [2.75, 3.05) is 46.1 Å². The van der Waals surface area contributed by atoms with Crippen molar-refractivity contribution in [3.05, 3.63) is 70.9 Å². The number of piperazine rings is 1. The fourth-order valence-electron chi connectivity index (χ4n) is 5.34. The summed E-state index contributed by atoms with van der Waals surface area (Å²) in [6.45, 7) is 7.26. The highest BCUT2D eigenvalue weighted by Gasteiger charge is 2.38. The molecule has 2 aromatic carbocycles. The van der Waals surface area contributed by atoms with Gasteiger partial charge in [-0.15, -0.1) is 0 Å². The summed E-state index contributed by atoms with van der Waals surface area (Å²) in [4.78, 5) is 44.9. The number of carbonyl (C=O) groups excluding carboxylic acids is 3. The van der Waals surface area contributed by atoms with Crippen LogP contribution < -0.4 is 9.47 Å². The fraction of sp³-hybridized carbons (Fsp3) is 0.414. The first kappa shape index (κ1) is 25.8. The molecule has 9 heteroatoms. The monoisotopic (exact) mass is 519 g/mol. The van der Waals surface area contributed by atoms with E-state index in [9.17, 15) is 14.4 Å². The molecule has 0 aliphatic carbocycles. The van der Waals surface area contributed by atoms with Gasteiger partial charge in [0, 0.05) is 50.8 Å². The first-order valence-electron chi connectivity index (χ1n) is 13.1. The van der Waals surface area contributed by atoms with Crippen LogP contribution in [0.2, 0.25) is 0 Å². The topological polar surface area (TPSA) is 88.6 Å². The zero-order valence-corrected chi connectivity index (χ0v) is 21.9. The molecule has 1 fully saturated rings. The Morgan fingerprint density at radius 2 is 1.74 bits per heavy atom. The third-order valence-corrected chi connectivity index (χ3v) is 7.38. The van der Waals surface area contributed by atoms with Crippen molar-refractivity contribution in [3.8, 4) is 11.5 Å². The lowest BCUT2D eigenvalue weighted by Crippen LogP contribution is -2.52. The van der Waals surface area contributed by atoms with Crippen molar-refractivity contribution in [3.63, 3.8) is 0 Å². The molecule has 3 aliphatic rings. The Bertz CT molecular complexity index is 1240. The standard InChI is InChI=1S/C29H33N3O6/c1-3-36-29(35)28-20(2)32(26(33)16-23(28)22-7-5-4-6-8-22)18-27(34)31-13-11-30(12-14-31)17-21-9-10-24-25(15-21)38-19-37-24/h4-10,15,23H,3,11-14,16-19H2,1-2H3. The molecule has 0 radical (unpaired) electrons. The third-order valence-electron chi connectivity index (χ3n) is 7.38. The maximum atomic E-state index is 13.2. The molecule has 5 rings (SSSR count). The maximum absolute atomic E-state index is 13.2. The van der Waals surface area contributed by atoms with Gasteiger partial charge < -0.3 is 24.0 Å². The summed E-state index contributed by atoms with van der Waals surface area (Å²) in [6.07, 6.45) is 0.117. The van der Waals surface area contributed by atoms with Gasteiger partial charge >= 0.3 is 5.97 Å². The molecule has 2 aromatic rings. The van der Waals surface area contributed by atoms with Crippen LogP contribution in [-0.2, 0) is 25.7 Å². The van der Waals surface area contributed by atoms with Gasteiger partial charge in [-0.25, -0.2) is 4.79 Å². The quantitative estimate of drug-likeness (QED) is 0.520. The van der Waals surface area contributed by atoms with E-state index in [1.165, 1.54) is 4.90 Å². The van der Waals surface area contributed by atoms with Gasteiger partial charge in [0.05, 0.1) is 12.2 Å². The molecule has 0 aromatic heterocycles. The molecular weight excluding hydrogens is 486 g/mol. The Morgan fingerprint density at radius 3 is 2.47 bits per heavy atom. The largest absolute Gasteiger partial charge is 0.463 e. The molecule has 9 nitrogen and oxygen atoms in total. The van der Waals surface area contributed by atoms with E-state index in [0.29, 0.717) is 24.4 Å². The summed E-state index contributed by atoms with van der Waals surface area (Å²) in [5.41, 5.74) is 2.95. The average Bonchev–Trinajstić information content (AvgIpc) is 3.39. The Morgan fingerprint density at radius 1 is 1.00 bits per heavy atom. The number of hydrogen-bond donors (Lipinski definition) is 0. The van der Waals surface area contributed by atoms with Crippen LogP contribution in [0, 0.1) is 0 Å². The minimum absolute atomic E-state index is 0.0861. The number of ether oxygens (including phenoxy) is 3. The molecule has 0 saturated carbocycles. The molecule has 1 unspecified atom stereocenters. The number of hydrogen-bond acceptors (Lipinski definition) is 7. The van der Waals surface area contributed by atoms with Crippen molar-refractivity contribution in [2.45, 2.75) is 32.7 Å². The highest BCUT2D eigenvalue weighted by molar-refractivity contribution is 5.97. The summed E-state index contributed by atoms with van der Waals surface area (Å²) >= 11 is 0. The van der Waals surface area contributed by atoms with Gasteiger partial charge in [-0.05, 0) is 37.1 Å². The van der Waals surface area contributed by atoms with E-state index in [1.807, 2.05) is 48.5 Å². The maximum Gasteiger partial charge on any atom is 0.336 e. The summed E-state index contributed by atoms with van der Waals surface area (Å²) < 4.78 is 16.2. The molecule has 2 amide bonds. The summed E-state index contributed by atoms with van der Waals surface area (Å²) in [6, 6.07) is 15.5. The summed E-state index contributed by atoms with van der Waals surface area (Å²) in [5.74, 6) is 0.403. The van der Waals surface area contributed by atoms with Gasteiger partial charge in [0.25, 0.3) is 0 Å². The van der Waals surface area contributed by atoms with Crippen LogP contribution in [0.5, 0.6) is 11.5 Å². The molecule has 1 atom stereocenters. The first-order chi connectivity index (χ1) is 18.4. The van der Waals surface area contributed by atoms with E-state index in [2.05, 4.69) is 4.90 Å². The molecule has 0 spiro atoms. The van der Waals surface area contributed by atoms with Gasteiger partial charge in [0.15, 0.2) is 11.5 Å². The minimum atomic E-state index is -0.444. The highest BCUT2D eigenvalue weighted by Crippen LogP contribution is 2.37. The highest BCUT2D eigenvalue weighted by atomic mass is 16.7. The van der Waals surface area contributed by atoms with Gasteiger partial charge in [-0.2, -0.15) is 0 Å². The van der Waals surface area contributed by atoms with Gasteiger partial charge in [0.2, 0.25) is 18.6 Å². The molecule has 1 saturated heterocycles. The van der Waals surface area contributed by atoms with E-state index >= 15 is 0 Å². The normalized spacial score (nSPS) is 19.6. The Labute approximate surface area is 222 Å². The van der Waals surface area contributed by atoms with Gasteiger partial charge in [-0.3, -0.25) is 14.5 Å². The second-order valence-corrected chi connectivity index (χ2v) is 9.71. The first-order valence-corrected chi connectivity index (χ1v) is 13.1. The smallest absolute Gasteiger partial charge is 0.336 e. The average molecular weight is 520 g/mol. The lowest BCUT2D eigenvalue weighted by atomic mass is 9.83. The second kappa shape index (κ2) is 11.3. The van der Waals surface area contributed by atoms with Gasteiger partial charge in [-0.1, -0.05) is 36.4 Å². The van der Waals surface area contributed by atoms with Crippen LogP contribution in [0.1, 0.15) is 37.3 Å². The van der Waals surface area contributed by atoms with E-state index in [4.69, 9.17) is 14.2 Å². The predicted molar refractivity (Wildman–Crippen MR) is 139 cm³/mol. The van der Waals surface area contributed by atoms with Crippen LogP contribution in [-0.4, -0.2) is 78.6 Å². The zero-order chi connectivity index (χ0) is 26.6. The van der Waals surface area contributed by atoms with E-state index in [1.54, 1.807) is 18.7 Å². The second-order valence-electron chi connectivity index (χ2n) is 9.71. The van der Waals surface area contributed by atoms with Gasteiger partial charge in [0.1, 0.15) is 6.54 Å². The molecule has 3 aliphatic heterocycles. The third kappa shape index (κ3) is 5.38. The molecule has 0 bridgehead atoms. The van der Waals surface area contributed by atoms with Crippen LogP contribution >= 0.6 is 0 Å². The zero-order valence-electron chi connectivity index (χ0n) is 21.9. The molecule has 3 heterocycles. The lowest BCUT2D eigenvalue weighted by molar-refractivity contribution is -0.143. The predicted octanol–water partition coefficient (Wildman–Crippen LogP) is 2.91. The minimum Gasteiger partial charge on any atom is -0.463 e. The molecule has 38 heavy (non-hydrogen) atoms. The summed E-state index contributed by atoms with van der Waals surface area (Å²) in [5, 5.41) is 0. The summed E-state index contributed by atoms with van der Waals surface area (Å²) in [7, 11) is 0. The van der Waals surface area contributed by atoms with Crippen molar-refractivity contribution in [2.24, 2.45) is 0 Å². The number of amides is 2.